The fraction of sp³-hybridized carbons (Fsp3) is 0.759. The number of esters is 1. The van der Waals surface area contributed by atoms with Crippen molar-refractivity contribution in [1.29, 1.82) is 0 Å². The number of phosphoric acid groups is 1. The van der Waals surface area contributed by atoms with E-state index in [1.807, 2.05) is 0 Å². The lowest BCUT2D eigenvalue weighted by Gasteiger charge is -2.18. The number of amides is 1. The number of allylic oxidation sites excluding steroid dienone is 10. The van der Waals surface area contributed by atoms with Gasteiger partial charge in [-0.15, -0.1) is 0 Å². The van der Waals surface area contributed by atoms with Crippen molar-refractivity contribution >= 4 is 25.7 Å². The maximum Gasteiger partial charge on any atom is 0.472 e. The molecule has 0 aromatic heterocycles. The normalized spacial score (nSPS) is 14.0. The number of aliphatic hydroxyl groups excluding tert-OH is 1. The lowest BCUT2D eigenvalue weighted by molar-refractivity contribution is -0.147. The van der Waals surface area contributed by atoms with Gasteiger partial charge in [-0.1, -0.05) is 197 Å². The molecule has 0 aliphatic rings. The van der Waals surface area contributed by atoms with E-state index in [9.17, 15) is 34.1 Å². The number of unbranched alkanes of at least 4 members (excludes halogenated alkanes) is 25. The number of phosphoric ester groups is 1. The molecule has 3 atom stereocenters. The van der Waals surface area contributed by atoms with Crippen LogP contribution < -0.4 is 5.32 Å². The van der Waals surface area contributed by atoms with Crippen LogP contribution in [0.5, 0.6) is 0 Å². The van der Waals surface area contributed by atoms with E-state index >= 15 is 0 Å². The van der Waals surface area contributed by atoms with E-state index in [4.69, 9.17) is 13.8 Å². The second-order valence-corrected chi connectivity index (χ2v) is 19.2. The molecule has 0 bridgehead atoms. The number of carboxylic acid groups (broad SMARTS) is 1. The second-order valence-electron chi connectivity index (χ2n) is 17.7. The van der Waals surface area contributed by atoms with Crippen LogP contribution in [0.15, 0.2) is 60.8 Å². The highest BCUT2D eigenvalue weighted by atomic mass is 31.2. The molecular weight excluding hydrogens is 854 g/mol. The number of rotatable bonds is 49. The molecule has 0 aliphatic heterocycles. The smallest absolute Gasteiger partial charge is 0.472 e. The van der Waals surface area contributed by atoms with E-state index in [0.717, 1.165) is 70.6 Å². The molecular formula is C54H96NO10P. The molecule has 3 unspecified atom stereocenters. The number of nitrogens with one attached hydrogen (secondary N) is 1. The van der Waals surface area contributed by atoms with E-state index in [-0.39, 0.29) is 12.8 Å². The Bertz CT molecular complexity index is 1350. The Hall–Kier alpha value is -2.82. The molecule has 12 heteroatoms. The maximum atomic E-state index is 12.4. The molecule has 382 valence electrons. The highest BCUT2D eigenvalue weighted by Crippen LogP contribution is 2.43. The highest BCUT2D eigenvalue weighted by Gasteiger charge is 2.28. The predicted molar refractivity (Wildman–Crippen MR) is 272 cm³/mol. The Morgan fingerprint density at radius 1 is 0.485 bits per heavy atom. The highest BCUT2D eigenvalue weighted by molar-refractivity contribution is 7.47. The van der Waals surface area contributed by atoms with Crippen molar-refractivity contribution in [2.45, 2.75) is 244 Å². The van der Waals surface area contributed by atoms with E-state index in [1.54, 1.807) is 0 Å². The first kappa shape index (κ1) is 63.2. The summed E-state index contributed by atoms with van der Waals surface area (Å²) in [5.41, 5.74) is 0. The molecule has 0 aliphatic carbocycles. The standard InChI is InChI=1S/C54H96NO10P/c1-3-5-7-9-11-13-15-17-19-21-23-25-27-29-31-33-35-37-39-41-43-45-52(57)55-51(54(59)60)49-65-66(61,62)64-48-50(56)47-63-53(58)46-44-42-40-38-36-34-32-30-28-26-24-22-20-18-16-14-12-10-8-6-4-2/h11-14,17-20,23,25,50-51,56H,3-10,15-16,21-22,24,26-49H2,1-2H3,(H,55,57)(H,59,60)(H,61,62)/b13-11-,14-12-,19-17-,20-18-,25-23-. The molecule has 0 aromatic carbocycles. The minimum atomic E-state index is -4.77. The largest absolute Gasteiger partial charge is 0.480 e. The number of carbonyl (C=O) groups is 3. The average molecular weight is 950 g/mol. The molecule has 0 rings (SSSR count). The van der Waals surface area contributed by atoms with Crippen molar-refractivity contribution in [3.05, 3.63) is 60.8 Å². The van der Waals surface area contributed by atoms with E-state index in [2.05, 4.69) is 79.9 Å². The lowest BCUT2D eigenvalue weighted by Crippen LogP contribution is -2.43. The van der Waals surface area contributed by atoms with Gasteiger partial charge < -0.3 is 25.2 Å². The maximum absolute atomic E-state index is 12.4. The van der Waals surface area contributed by atoms with Crippen LogP contribution in [0.3, 0.4) is 0 Å². The zero-order valence-corrected chi connectivity index (χ0v) is 42.6. The molecule has 0 saturated carbocycles. The Morgan fingerprint density at radius 2 is 0.833 bits per heavy atom. The molecule has 66 heavy (non-hydrogen) atoms. The number of ether oxygens (including phenoxy) is 1. The number of hydrogen-bond donors (Lipinski definition) is 4. The van der Waals surface area contributed by atoms with Crippen molar-refractivity contribution in [1.82, 2.24) is 5.32 Å². The second kappa shape index (κ2) is 48.6. The van der Waals surface area contributed by atoms with Crippen molar-refractivity contribution < 1.29 is 47.8 Å². The molecule has 0 saturated heterocycles. The summed E-state index contributed by atoms with van der Waals surface area (Å²) in [5, 5.41) is 21.9. The fourth-order valence-electron chi connectivity index (χ4n) is 7.18. The minimum absolute atomic E-state index is 0.135. The third-order valence-corrected chi connectivity index (χ3v) is 12.2. The summed E-state index contributed by atoms with van der Waals surface area (Å²) < 4.78 is 27.0. The third kappa shape index (κ3) is 47.7. The van der Waals surface area contributed by atoms with Crippen LogP contribution in [0, 0.1) is 0 Å². The lowest BCUT2D eigenvalue weighted by atomic mass is 10.0. The van der Waals surface area contributed by atoms with Gasteiger partial charge in [0.15, 0.2) is 6.04 Å². The molecule has 11 nitrogen and oxygen atoms in total. The van der Waals surface area contributed by atoms with Gasteiger partial charge >= 0.3 is 19.8 Å². The summed E-state index contributed by atoms with van der Waals surface area (Å²) in [7, 11) is -4.77. The van der Waals surface area contributed by atoms with Crippen LogP contribution in [0.4, 0.5) is 0 Å². The first-order chi connectivity index (χ1) is 32.1. The Balaban J connectivity index is 3.83. The van der Waals surface area contributed by atoms with Crippen LogP contribution >= 0.6 is 7.82 Å². The van der Waals surface area contributed by atoms with Gasteiger partial charge in [0.05, 0.1) is 13.2 Å². The van der Waals surface area contributed by atoms with Crippen LogP contribution in [-0.4, -0.2) is 64.9 Å². The van der Waals surface area contributed by atoms with Gasteiger partial charge in [-0.05, 0) is 83.5 Å². The summed E-state index contributed by atoms with van der Waals surface area (Å²) in [4.78, 5) is 46.2. The number of aliphatic hydroxyl groups is 1. The van der Waals surface area contributed by atoms with Gasteiger partial charge in [-0.3, -0.25) is 18.6 Å². The first-order valence-electron chi connectivity index (χ1n) is 26.3. The number of carbonyl (C=O) groups excluding carboxylic acids is 2. The van der Waals surface area contributed by atoms with Crippen molar-refractivity contribution in [3.8, 4) is 0 Å². The van der Waals surface area contributed by atoms with Gasteiger partial charge in [0.1, 0.15) is 12.7 Å². The van der Waals surface area contributed by atoms with Crippen molar-refractivity contribution in [2.75, 3.05) is 19.8 Å². The number of carboxylic acids is 1. The summed E-state index contributed by atoms with van der Waals surface area (Å²) in [6.07, 6.45) is 58.0. The van der Waals surface area contributed by atoms with Gasteiger partial charge in [0, 0.05) is 12.8 Å². The fourth-order valence-corrected chi connectivity index (χ4v) is 7.95. The third-order valence-electron chi connectivity index (χ3n) is 11.3. The summed E-state index contributed by atoms with van der Waals surface area (Å²) in [6, 6.07) is -1.55. The van der Waals surface area contributed by atoms with Crippen LogP contribution in [0.25, 0.3) is 0 Å². The van der Waals surface area contributed by atoms with E-state index < -0.39 is 57.6 Å². The van der Waals surface area contributed by atoms with Gasteiger partial charge in [0.2, 0.25) is 5.91 Å². The molecule has 1 amide bonds. The molecule has 0 fully saturated rings. The quantitative estimate of drug-likeness (QED) is 0.0199. The predicted octanol–water partition coefficient (Wildman–Crippen LogP) is 14.7. The molecule has 4 N–H and O–H groups in total. The van der Waals surface area contributed by atoms with Crippen LogP contribution in [0.1, 0.15) is 232 Å². The first-order valence-corrected chi connectivity index (χ1v) is 27.8. The number of hydrogen-bond acceptors (Lipinski definition) is 8. The zero-order valence-electron chi connectivity index (χ0n) is 41.7. The molecule has 0 aromatic rings. The monoisotopic (exact) mass is 950 g/mol. The Labute approximate surface area is 402 Å². The van der Waals surface area contributed by atoms with Gasteiger partial charge in [0.25, 0.3) is 0 Å². The summed E-state index contributed by atoms with van der Waals surface area (Å²) in [5.74, 6) is -2.38. The van der Waals surface area contributed by atoms with Gasteiger partial charge in [-0.2, -0.15) is 0 Å². The zero-order chi connectivity index (χ0) is 48.4. The van der Waals surface area contributed by atoms with E-state index in [0.29, 0.717) is 12.8 Å². The van der Waals surface area contributed by atoms with Gasteiger partial charge in [-0.25, -0.2) is 9.36 Å². The molecule has 0 spiro atoms. The Morgan fingerprint density at radius 3 is 1.24 bits per heavy atom. The van der Waals surface area contributed by atoms with Crippen LogP contribution in [-0.2, 0) is 32.7 Å². The molecule has 0 heterocycles. The molecule has 0 radical (unpaired) electrons. The summed E-state index contributed by atoms with van der Waals surface area (Å²) >= 11 is 0. The average Bonchev–Trinajstić information content (AvgIpc) is 3.29. The van der Waals surface area contributed by atoms with Crippen LogP contribution in [0.2, 0.25) is 0 Å². The number of aliphatic carboxylic acids is 1. The SMILES string of the molecule is CCCCC/C=C\C/C=C\C/C=C\CCCCCCCCCCC(=O)NC(COP(=O)(O)OCC(O)COC(=O)CCCCCCCCCCCCC/C=C\C/C=C\CCCCC)C(=O)O. The minimum Gasteiger partial charge on any atom is -0.480 e. The van der Waals surface area contributed by atoms with E-state index in [1.165, 1.54) is 122 Å². The Kier molecular flexibility index (Phi) is 46.6. The van der Waals surface area contributed by atoms with Crippen molar-refractivity contribution in [3.63, 3.8) is 0 Å². The topological polar surface area (TPSA) is 169 Å². The van der Waals surface area contributed by atoms with Crippen molar-refractivity contribution in [2.24, 2.45) is 0 Å². The summed E-state index contributed by atoms with van der Waals surface area (Å²) in [6.45, 7) is 2.56.